The van der Waals surface area contributed by atoms with Crippen LogP contribution in [0.15, 0.2) is 36.5 Å². The van der Waals surface area contributed by atoms with Gasteiger partial charge in [0.05, 0.1) is 35.1 Å². The number of nitrogens with zero attached hydrogens (tertiary/aromatic N) is 2. The largest absolute Gasteiger partial charge is 0.486 e. The van der Waals surface area contributed by atoms with Crippen molar-refractivity contribution in [2.45, 2.75) is 134 Å². The molecule has 1 saturated heterocycles. The summed E-state index contributed by atoms with van der Waals surface area (Å²) >= 11 is 0. The second-order valence-corrected chi connectivity index (χ2v) is 20.7. The minimum atomic E-state index is -4.02. The average molecular weight is 858 g/mol. The van der Waals surface area contributed by atoms with Crippen LogP contribution in [0.5, 0.6) is 17.4 Å². The van der Waals surface area contributed by atoms with Crippen LogP contribution in [0.2, 0.25) is 0 Å². The summed E-state index contributed by atoms with van der Waals surface area (Å²) < 4.78 is 80.4. The van der Waals surface area contributed by atoms with Gasteiger partial charge in [0.15, 0.2) is 22.9 Å². The predicted octanol–water partition coefficient (Wildman–Crippen LogP) is 6.70. The number of hydrogen-bond donors (Lipinski definition) is 1. The third kappa shape index (κ3) is 8.58. The Bertz CT molecular complexity index is 2170. The lowest BCUT2D eigenvalue weighted by molar-refractivity contribution is -0.197. The molecule has 0 radical (unpaired) electrons. The Labute approximate surface area is 350 Å². The number of carbonyl (C=O) groups excluding carboxylic acids is 4. The lowest BCUT2D eigenvalue weighted by Gasteiger charge is -2.35. The Morgan fingerprint density at radius 1 is 1.07 bits per heavy atom. The number of hydrogen-bond acceptors (Lipinski definition) is 11. The molecule has 7 atom stereocenters. The second kappa shape index (κ2) is 16.2. The summed E-state index contributed by atoms with van der Waals surface area (Å²) in [6.45, 7) is 9.14. The Morgan fingerprint density at radius 3 is 2.50 bits per heavy atom. The molecule has 2 aromatic rings. The molecular formula is C44H57F2N3O10S. The number of alkyl halides is 2. The van der Waals surface area contributed by atoms with Gasteiger partial charge in [-0.05, 0) is 95.2 Å². The van der Waals surface area contributed by atoms with Gasteiger partial charge in [-0.25, -0.2) is 22.2 Å². The van der Waals surface area contributed by atoms with Crippen molar-refractivity contribution < 1.29 is 55.3 Å². The van der Waals surface area contributed by atoms with E-state index in [4.69, 9.17) is 18.9 Å². The van der Waals surface area contributed by atoms with E-state index >= 15 is 4.79 Å². The molecule has 2 aliphatic carbocycles. The molecule has 3 aliphatic heterocycles. The fraction of sp³-hybridized carbons (Fsp3) is 0.659. The number of allylic oxidation sites excluding steroid dienone is 2. The van der Waals surface area contributed by atoms with E-state index in [1.807, 2.05) is 26.0 Å². The lowest BCUT2D eigenvalue weighted by Crippen LogP contribution is -2.49. The number of benzene rings is 1. The Hall–Kier alpha value is -4.34. The Balaban J connectivity index is 1.24. The van der Waals surface area contributed by atoms with Gasteiger partial charge in [-0.15, -0.1) is 0 Å². The van der Waals surface area contributed by atoms with Gasteiger partial charge >= 0.3 is 5.97 Å². The smallest absolute Gasteiger partial charge is 0.307 e. The summed E-state index contributed by atoms with van der Waals surface area (Å²) in [6.07, 6.45) is 7.31. The first kappa shape index (κ1) is 43.7. The summed E-state index contributed by atoms with van der Waals surface area (Å²) in [5, 5.41) is 1.32. The monoisotopic (exact) mass is 857 g/mol. The molecule has 0 bridgehead atoms. The molecule has 1 aromatic heterocycles. The van der Waals surface area contributed by atoms with Crippen LogP contribution in [0, 0.1) is 29.1 Å². The highest BCUT2D eigenvalue weighted by Gasteiger charge is 2.63. The molecule has 1 N–H and O–H groups in total. The van der Waals surface area contributed by atoms with Crippen LogP contribution < -0.4 is 18.9 Å². The molecule has 7 rings (SSSR count). The van der Waals surface area contributed by atoms with Crippen LogP contribution in [-0.4, -0.2) is 90.0 Å². The molecule has 0 spiro atoms. The summed E-state index contributed by atoms with van der Waals surface area (Å²) in [6, 6.07) is 4.22. The zero-order valence-corrected chi connectivity index (χ0v) is 36.1. The van der Waals surface area contributed by atoms with Gasteiger partial charge in [-0.3, -0.25) is 23.9 Å². The van der Waals surface area contributed by atoms with Crippen molar-refractivity contribution >= 4 is 44.4 Å². The standard InChI is InChI=1S/C44H57F2N3O10S/c1-7-27-20-26(2)10-8-9-11-28-23-44(28,40(53)48-60(54,55)42(5)15-16-42)24-34(50)33-21-29(25-49(33)39(52)32(27)22-36(51)59-41(3,4)43(6,45)46)58-38-31-12-13-35-37(57-19-18-56-35)30(31)14-17-47-38/h9,11-14,17,26-29,32-33H,7-8,10,15-16,18-25H2,1-6H3,(H,48,53)/b11-9-/t26-,27+,28+,29+,32-,33-,44+/m0/s1. The molecule has 2 amide bonds. The molecule has 2 saturated carbocycles. The number of ether oxygens (including phenoxy) is 4. The maximum absolute atomic E-state index is 15.1. The van der Waals surface area contributed by atoms with E-state index in [9.17, 15) is 31.6 Å². The average Bonchev–Trinajstić information content (AvgIpc) is 4.07. The normalized spacial score (nSPS) is 30.0. The summed E-state index contributed by atoms with van der Waals surface area (Å²) in [4.78, 5) is 63.4. The first-order chi connectivity index (χ1) is 28.2. The van der Waals surface area contributed by atoms with Crippen LogP contribution in [0.3, 0.4) is 0 Å². The molecule has 5 aliphatic rings. The number of amides is 2. The molecule has 60 heavy (non-hydrogen) atoms. The number of Topliss-reactive ketones (excluding diaryl/α,β-unsaturated/α-hetero) is 1. The number of nitrogens with one attached hydrogen (secondary N) is 1. The van der Waals surface area contributed by atoms with Crippen LogP contribution in [0.25, 0.3) is 10.8 Å². The highest BCUT2D eigenvalue weighted by molar-refractivity contribution is 7.91. The van der Waals surface area contributed by atoms with Gasteiger partial charge in [0.1, 0.15) is 19.3 Å². The number of sulfonamides is 1. The molecule has 0 unspecified atom stereocenters. The maximum atomic E-state index is 15.1. The maximum Gasteiger partial charge on any atom is 0.307 e. The van der Waals surface area contributed by atoms with E-state index in [2.05, 4.69) is 9.71 Å². The molecular weight excluding hydrogens is 801 g/mol. The number of rotatable bonds is 10. The van der Waals surface area contributed by atoms with Gasteiger partial charge in [0.2, 0.25) is 27.7 Å². The van der Waals surface area contributed by atoms with Crippen LogP contribution >= 0.6 is 0 Å². The van der Waals surface area contributed by atoms with Crippen molar-refractivity contribution in [2.75, 3.05) is 19.8 Å². The number of aromatic nitrogens is 1. The molecule has 328 valence electrons. The van der Waals surface area contributed by atoms with Crippen molar-refractivity contribution in [1.29, 1.82) is 0 Å². The van der Waals surface area contributed by atoms with E-state index in [0.29, 0.717) is 80.9 Å². The van der Waals surface area contributed by atoms with Crippen molar-refractivity contribution in [3.8, 4) is 17.4 Å². The topological polar surface area (TPSA) is 168 Å². The lowest BCUT2D eigenvalue weighted by atomic mass is 9.79. The zero-order valence-electron chi connectivity index (χ0n) is 35.3. The van der Waals surface area contributed by atoms with Crippen molar-refractivity contribution in [1.82, 2.24) is 14.6 Å². The fourth-order valence-electron chi connectivity index (χ4n) is 8.93. The van der Waals surface area contributed by atoms with E-state index in [1.54, 1.807) is 31.3 Å². The van der Waals surface area contributed by atoms with Crippen LogP contribution in [0.1, 0.15) is 106 Å². The first-order valence-corrected chi connectivity index (χ1v) is 22.7. The van der Waals surface area contributed by atoms with Gasteiger partial charge in [-0.2, -0.15) is 0 Å². The number of pyridine rings is 1. The third-order valence-electron chi connectivity index (χ3n) is 13.6. The number of fused-ring (bicyclic) bond motifs is 5. The summed E-state index contributed by atoms with van der Waals surface area (Å²) in [5.41, 5.74) is -3.50. The van der Waals surface area contributed by atoms with Crippen molar-refractivity contribution in [2.24, 2.45) is 29.1 Å². The molecule has 13 nitrogen and oxygen atoms in total. The van der Waals surface area contributed by atoms with Gasteiger partial charge in [-0.1, -0.05) is 32.4 Å². The highest BCUT2D eigenvalue weighted by Crippen LogP contribution is 2.58. The minimum Gasteiger partial charge on any atom is -0.486 e. The summed E-state index contributed by atoms with van der Waals surface area (Å²) in [7, 11) is -4.02. The number of halogens is 2. The molecule has 4 heterocycles. The van der Waals surface area contributed by atoms with Gasteiger partial charge in [0.25, 0.3) is 5.92 Å². The van der Waals surface area contributed by atoms with Gasteiger partial charge < -0.3 is 23.8 Å². The number of esters is 1. The van der Waals surface area contributed by atoms with Crippen LogP contribution in [-0.2, 0) is 33.9 Å². The van der Waals surface area contributed by atoms with E-state index in [1.165, 1.54) is 4.90 Å². The molecule has 16 heteroatoms. The van der Waals surface area contributed by atoms with Crippen molar-refractivity contribution in [3.63, 3.8) is 0 Å². The molecule has 3 fully saturated rings. The predicted molar refractivity (Wildman–Crippen MR) is 217 cm³/mol. The van der Waals surface area contributed by atoms with E-state index in [-0.39, 0.29) is 43.5 Å². The van der Waals surface area contributed by atoms with Crippen molar-refractivity contribution in [3.05, 3.63) is 36.5 Å². The highest BCUT2D eigenvalue weighted by atomic mass is 32.2. The first-order valence-electron chi connectivity index (χ1n) is 21.2. The van der Waals surface area contributed by atoms with E-state index < -0.39 is 85.7 Å². The second-order valence-electron chi connectivity index (χ2n) is 18.5. The summed E-state index contributed by atoms with van der Waals surface area (Å²) in [5.74, 6) is -6.41. The number of ketones is 1. The molecule has 1 aromatic carbocycles. The quantitative estimate of drug-likeness (QED) is 0.199. The fourth-order valence-corrected chi connectivity index (χ4v) is 10.3. The van der Waals surface area contributed by atoms with Crippen LogP contribution in [0.4, 0.5) is 8.78 Å². The minimum absolute atomic E-state index is 0.0151. The SMILES string of the molecule is CC[C@@H]1C[C@@H](C)CC/C=C\[C@@H]2C[C@@]2(C(=O)NS(=O)(=O)C2(C)CC2)CC(=O)[C@@H]2C[C@@H](Oc3nccc4c5c(ccc34)OCCO5)CN2C(=O)[C@H]1CC(=O)OC(C)(C)C(C)(F)F. The van der Waals surface area contributed by atoms with Gasteiger partial charge in [0, 0.05) is 36.7 Å². The number of carbonyl (C=O) groups is 4. The third-order valence-corrected chi connectivity index (χ3v) is 15.8. The van der Waals surface area contributed by atoms with E-state index in [0.717, 1.165) is 13.8 Å². The Morgan fingerprint density at radius 2 is 1.80 bits per heavy atom. The zero-order chi connectivity index (χ0) is 43.4. The Kier molecular flexibility index (Phi) is 11.8.